The number of halogens is 1. The first-order valence-electron chi connectivity index (χ1n) is 11.8. The number of nitrogens with zero attached hydrogens (tertiary/aromatic N) is 2. The number of carbonyl (C=O) groups excluding carboxylic acids is 2. The molecule has 7 rings (SSSR count). The normalized spacial score (nSPS) is 19.3. The van der Waals surface area contributed by atoms with Crippen LogP contribution in [0.2, 0.25) is 0 Å². The lowest BCUT2D eigenvalue weighted by atomic mass is 9.83. The summed E-state index contributed by atoms with van der Waals surface area (Å²) in [5.74, 6) is 0.194. The van der Waals surface area contributed by atoms with Crippen molar-refractivity contribution in [1.29, 1.82) is 0 Å². The van der Waals surface area contributed by atoms with E-state index in [0.29, 0.717) is 39.2 Å². The Morgan fingerprint density at radius 3 is 2.62 bits per heavy atom. The lowest BCUT2D eigenvalue weighted by Crippen LogP contribution is -2.53. The van der Waals surface area contributed by atoms with Crippen LogP contribution < -0.4 is 19.8 Å². The molecule has 3 aromatic carbocycles. The zero-order valence-electron chi connectivity index (χ0n) is 19.6. The van der Waals surface area contributed by atoms with Crippen molar-refractivity contribution in [1.82, 2.24) is 4.90 Å². The van der Waals surface area contributed by atoms with Crippen molar-refractivity contribution in [2.75, 3.05) is 18.2 Å². The molecular formula is C28H19BrN2O6. The lowest BCUT2D eigenvalue weighted by molar-refractivity contribution is -0.126. The molecule has 4 heterocycles. The number of benzene rings is 3. The summed E-state index contributed by atoms with van der Waals surface area (Å²) in [4.78, 5) is 45.6. The highest BCUT2D eigenvalue weighted by atomic mass is 79.9. The zero-order chi connectivity index (χ0) is 25.5. The number of carbonyl (C=O) groups is 2. The molecule has 2 amide bonds. The summed E-state index contributed by atoms with van der Waals surface area (Å²) in [5, 5.41) is 0.297. The van der Waals surface area contributed by atoms with Gasteiger partial charge in [0.2, 0.25) is 12.6 Å². The fourth-order valence-corrected chi connectivity index (χ4v) is 6.08. The number of hydrogen-bond donors (Lipinski definition) is 0. The molecule has 0 bridgehead atoms. The van der Waals surface area contributed by atoms with Crippen molar-refractivity contribution < 1.29 is 23.5 Å². The van der Waals surface area contributed by atoms with Gasteiger partial charge in [-0.15, -0.1) is 0 Å². The van der Waals surface area contributed by atoms with Gasteiger partial charge in [-0.1, -0.05) is 40.2 Å². The molecule has 1 atom stereocenters. The summed E-state index contributed by atoms with van der Waals surface area (Å²) in [6.07, 6.45) is 0. The summed E-state index contributed by atoms with van der Waals surface area (Å²) < 4.78 is 17.7. The van der Waals surface area contributed by atoms with Crippen LogP contribution in [0.5, 0.6) is 11.5 Å². The van der Waals surface area contributed by atoms with Crippen LogP contribution >= 0.6 is 15.9 Å². The third kappa shape index (κ3) is 2.80. The number of hydrogen-bond acceptors (Lipinski definition) is 6. The minimum absolute atomic E-state index is 0.0524. The van der Waals surface area contributed by atoms with Gasteiger partial charge in [-0.3, -0.25) is 14.4 Å². The number of para-hydroxylation sites is 1. The second-order valence-corrected chi connectivity index (χ2v) is 10.0. The molecule has 0 radical (unpaired) electrons. The fraction of sp³-hybridized carbons (Fsp3) is 0.179. The van der Waals surface area contributed by atoms with E-state index in [2.05, 4.69) is 15.9 Å². The summed E-state index contributed by atoms with van der Waals surface area (Å²) in [6.45, 7) is 2.42. The molecule has 3 aliphatic rings. The molecule has 37 heavy (non-hydrogen) atoms. The van der Waals surface area contributed by atoms with Gasteiger partial charge in [0, 0.05) is 23.1 Å². The van der Waals surface area contributed by atoms with E-state index in [-0.39, 0.29) is 36.2 Å². The number of likely N-dealkylation sites (N-methyl/N-ethyl adjacent to an activating group) is 1. The Morgan fingerprint density at radius 2 is 1.78 bits per heavy atom. The van der Waals surface area contributed by atoms with Crippen LogP contribution in [-0.2, 0) is 16.9 Å². The molecule has 1 unspecified atom stereocenters. The van der Waals surface area contributed by atoms with Crippen molar-refractivity contribution in [2.24, 2.45) is 0 Å². The first kappa shape index (κ1) is 22.1. The first-order valence-corrected chi connectivity index (χ1v) is 12.6. The van der Waals surface area contributed by atoms with Gasteiger partial charge in [0.05, 0.1) is 16.6 Å². The van der Waals surface area contributed by atoms with Gasteiger partial charge < -0.3 is 23.7 Å². The van der Waals surface area contributed by atoms with Crippen LogP contribution in [0.1, 0.15) is 34.2 Å². The molecule has 1 spiro atoms. The number of rotatable bonds is 3. The van der Waals surface area contributed by atoms with E-state index < -0.39 is 16.9 Å². The third-order valence-electron chi connectivity index (χ3n) is 7.29. The van der Waals surface area contributed by atoms with Crippen LogP contribution in [0.3, 0.4) is 0 Å². The van der Waals surface area contributed by atoms with Gasteiger partial charge in [0.25, 0.3) is 11.8 Å². The maximum atomic E-state index is 14.4. The van der Waals surface area contributed by atoms with Crippen molar-refractivity contribution >= 4 is 44.4 Å². The van der Waals surface area contributed by atoms with Gasteiger partial charge in [-0.25, -0.2) is 0 Å². The van der Waals surface area contributed by atoms with Gasteiger partial charge in [0.15, 0.2) is 22.5 Å². The van der Waals surface area contributed by atoms with E-state index in [1.165, 1.54) is 4.90 Å². The smallest absolute Gasteiger partial charge is 0.291 e. The molecule has 0 saturated carbocycles. The Hall–Kier alpha value is -4.11. The Bertz CT molecular complexity index is 1730. The minimum atomic E-state index is -1.66. The molecule has 4 aromatic rings. The molecule has 1 aromatic heterocycles. The Morgan fingerprint density at radius 1 is 0.973 bits per heavy atom. The standard InChI is InChI=1S/C28H19BrN2O6/c1-2-30-19-6-4-3-5-18(19)28(27(30)34)23-24(32)17-12-16(29)8-10-20(17)37-25(23)26(33)31(28)13-15-7-9-21-22(11-15)36-14-35-21/h3-12H,2,13-14H2,1H3. The number of ether oxygens (including phenoxy) is 2. The highest BCUT2D eigenvalue weighted by Gasteiger charge is 2.64. The van der Waals surface area contributed by atoms with E-state index in [1.807, 2.05) is 37.3 Å². The van der Waals surface area contributed by atoms with Crippen molar-refractivity contribution in [3.05, 3.63) is 97.8 Å². The second kappa shape index (κ2) is 7.69. The highest BCUT2D eigenvalue weighted by Crippen LogP contribution is 2.53. The maximum absolute atomic E-state index is 14.4. The van der Waals surface area contributed by atoms with Crippen LogP contribution in [0.4, 0.5) is 5.69 Å². The molecule has 0 aliphatic carbocycles. The van der Waals surface area contributed by atoms with Gasteiger partial charge in [-0.05, 0) is 48.9 Å². The molecule has 8 nitrogen and oxygen atoms in total. The molecule has 0 N–H and O–H groups in total. The van der Waals surface area contributed by atoms with E-state index >= 15 is 0 Å². The molecule has 184 valence electrons. The first-order chi connectivity index (χ1) is 17.9. The van der Waals surface area contributed by atoms with Crippen LogP contribution in [0.15, 0.2) is 74.3 Å². The quantitative estimate of drug-likeness (QED) is 0.366. The number of anilines is 1. The Kier molecular flexibility index (Phi) is 4.60. The van der Waals surface area contributed by atoms with Gasteiger partial charge in [0.1, 0.15) is 5.58 Å². The summed E-state index contributed by atoms with van der Waals surface area (Å²) in [7, 11) is 0. The Labute approximate surface area is 219 Å². The molecule has 3 aliphatic heterocycles. The SMILES string of the molecule is CCN1C(=O)C2(c3ccccc31)c1c(oc3ccc(Br)cc3c1=O)C(=O)N2Cc1ccc2c(c1)OCO2. The minimum Gasteiger partial charge on any atom is -0.454 e. The van der Waals surface area contributed by atoms with Crippen LogP contribution in [-0.4, -0.2) is 30.1 Å². The molecule has 0 saturated heterocycles. The predicted molar refractivity (Wildman–Crippen MR) is 138 cm³/mol. The second-order valence-electron chi connectivity index (χ2n) is 9.13. The van der Waals surface area contributed by atoms with Crippen LogP contribution in [0.25, 0.3) is 11.0 Å². The van der Waals surface area contributed by atoms with Gasteiger partial charge >= 0.3 is 0 Å². The average Bonchev–Trinajstić information content (AvgIpc) is 3.54. The summed E-state index contributed by atoms with van der Waals surface area (Å²) >= 11 is 3.42. The molecular weight excluding hydrogens is 540 g/mol. The van der Waals surface area contributed by atoms with Crippen molar-refractivity contribution in [2.45, 2.75) is 19.0 Å². The van der Waals surface area contributed by atoms with E-state index in [4.69, 9.17) is 13.9 Å². The monoisotopic (exact) mass is 558 g/mol. The average molecular weight is 559 g/mol. The largest absolute Gasteiger partial charge is 0.454 e. The predicted octanol–water partition coefficient (Wildman–Crippen LogP) is 4.55. The maximum Gasteiger partial charge on any atom is 0.291 e. The van der Waals surface area contributed by atoms with E-state index in [1.54, 1.807) is 35.2 Å². The fourth-order valence-electron chi connectivity index (χ4n) is 5.72. The third-order valence-corrected chi connectivity index (χ3v) is 7.78. The Balaban J connectivity index is 1.53. The zero-order valence-corrected chi connectivity index (χ0v) is 21.2. The molecule has 0 fully saturated rings. The van der Waals surface area contributed by atoms with Crippen molar-refractivity contribution in [3.8, 4) is 11.5 Å². The number of amides is 2. The topological polar surface area (TPSA) is 89.3 Å². The van der Waals surface area contributed by atoms with E-state index in [0.717, 1.165) is 5.56 Å². The summed E-state index contributed by atoms with van der Waals surface area (Å²) in [6, 6.07) is 17.7. The van der Waals surface area contributed by atoms with Gasteiger partial charge in [-0.2, -0.15) is 0 Å². The lowest BCUT2D eigenvalue weighted by Gasteiger charge is -2.34. The highest BCUT2D eigenvalue weighted by molar-refractivity contribution is 9.10. The van der Waals surface area contributed by atoms with E-state index in [9.17, 15) is 14.4 Å². The van der Waals surface area contributed by atoms with Crippen LogP contribution in [0, 0.1) is 0 Å². The number of fused-ring (bicyclic) bond motifs is 6. The summed E-state index contributed by atoms with van der Waals surface area (Å²) in [5.41, 5.74) is 0.247. The molecule has 9 heteroatoms. The van der Waals surface area contributed by atoms with Crippen molar-refractivity contribution in [3.63, 3.8) is 0 Å².